The first-order valence-corrected chi connectivity index (χ1v) is 6.69. The lowest BCUT2D eigenvalue weighted by Gasteiger charge is -2.06. The Labute approximate surface area is 117 Å². The molecule has 1 aliphatic rings. The molecular formula is C18H13NO. The van der Waals surface area contributed by atoms with Gasteiger partial charge in [0, 0.05) is 12.0 Å². The predicted molar refractivity (Wildman–Crippen MR) is 82.0 cm³/mol. The number of rotatable bonds is 1. The SMILES string of the molecule is Oc1cc2ccccc2cc1C1=Nc2ccccc2C1. The van der Waals surface area contributed by atoms with E-state index in [9.17, 15) is 5.11 Å². The van der Waals surface area contributed by atoms with Gasteiger partial charge < -0.3 is 5.11 Å². The Morgan fingerprint density at radius 3 is 2.35 bits per heavy atom. The van der Waals surface area contributed by atoms with Crippen LogP contribution >= 0.6 is 0 Å². The highest BCUT2D eigenvalue weighted by atomic mass is 16.3. The highest BCUT2D eigenvalue weighted by Crippen LogP contribution is 2.33. The molecule has 0 unspecified atom stereocenters. The second-order valence-electron chi connectivity index (χ2n) is 5.08. The van der Waals surface area contributed by atoms with Crippen LogP contribution in [0.2, 0.25) is 0 Å². The Hall–Kier alpha value is -2.61. The van der Waals surface area contributed by atoms with E-state index in [4.69, 9.17) is 0 Å². The lowest BCUT2D eigenvalue weighted by molar-refractivity contribution is 0.475. The molecule has 0 radical (unpaired) electrons. The van der Waals surface area contributed by atoms with Crippen molar-refractivity contribution in [2.45, 2.75) is 6.42 Å². The molecule has 1 heterocycles. The predicted octanol–water partition coefficient (Wildman–Crippen LogP) is 4.22. The monoisotopic (exact) mass is 259 g/mol. The molecule has 96 valence electrons. The van der Waals surface area contributed by atoms with Gasteiger partial charge in [0.05, 0.1) is 11.4 Å². The standard InChI is InChI=1S/C18H13NO/c20-18-11-13-6-2-1-5-12(13)9-15(18)17-10-14-7-3-4-8-16(14)19-17/h1-9,11,20H,10H2. The fourth-order valence-corrected chi connectivity index (χ4v) is 2.75. The highest BCUT2D eigenvalue weighted by molar-refractivity contribution is 6.10. The van der Waals surface area contributed by atoms with Gasteiger partial charge in [-0.25, -0.2) is 0 Å². The molecular weight excluding hydrogens is 246 g/mol. The summed E-state index contributed by atoms with van der Waals surface area (Å²) in [6.07, 6.45) is 0.780. The second-order valence-corrected chi connectivity index (χ2v) is 5.08. The minimum absolute atomic E-state index is 0.301. The van der Waals surface area contributed by atoms with Gasteiger partial charge in [0.1, 0.15) is 5.75 Å². The fourth-order valence-electron chi connectivity index (χ4n) is 2.75. The minimum atomic E-state index is 0.301. The van der Waals surface area contributed by atoms with Crippen LogP contribution in [0.25, 0.3) is 10.8 Å². The van der Waals surface area contributed by atoms with Crippen LogP contribution in [0, 0.1) is 0 Å². The molecule has 1 N–H and O–H groups in total. The molecule has 0 atom stereocenters. The van der Waals surface area contributed by atoms with E-state index in [0.29, 0.717) is 5.75 Å². The Morgan fingerprint density at radius 1 is 0.850 bits per heavy atom. The van der Waals surface area contributed by atoms with Crippen molar-refractivity contribution in [3.05, 3.63) is 71.8 Å². The van der Waals surface area contributed by atoms with Crippen molar-refractivity contribution in [1.82, 2.24) is 0 Å². The van der Waals surface area contributed by atoms with Crippen molar-refractivity contribution in [2.75, 3.05) is 0 Å². The molecule has 0 fully saturated rings. The Bertz CT molecular complexity index is 849. The average Bonchev–Trinajstić information content (AvgIpc) is 2.90. The Morgan fingerprint density at radius 2 is 1.55 bits per heavy atom. The zero-order valence-corrected chi connectivity index (χ0v) is 10.9. The number of aliphatic imine (C=N–C) groups is 1. The van der Waals surface area contributed by atoms with E-state index in [1.54, 1.807) is 0 Å². The lowest BCUT2D eigenvalue weighted by Crippen LogP contribution is -2.00. The number of aromatic hydroxyl groups is 1. The fraction of sp³-hybridized carbons (Fsp3) is 0.0556. The lowest BCUT2D eigenvalue weighted by atomic mass is 10.00. The molecule has 0 saturated carbocycles. The number of phenols is 1. The van der Waals surface area contributed by atoms with Crippen molar-refractivity contribution in [3.8, 4) is 5.75 Å². The van der Waals surface area contributed by atoms with Crippen molar-refractivity contribution < 1.29 is 5.11 Å². The molecule has 0 aliphatic carbocycles. The van der Waals surface area contributed by atoms with Crippen LogP contribution < -0.4 is 0 Å². The van der Waals surface area contributed by atoms with E-state index in [2.05, 4.69) is 17.1 Å². The topological polar surface area (TPSA) is 32.6 Å². The average molecular weight is 259 g/mol. The van der Waals surface area contributed by atoms with Crippen LogP contribution in [0.3, 0.4) is 0 Å². The van der Waals surface area contributed by atoms with Gasteiger partial charge in [0.15, 0.2) is 0 Å². The van der Waals surface area contributed by atoms with E-state index in [-0.39, 0.29) is 0 Å². The highest BCUT2D eigenvalue weighted by Gasteiger charge is 2.18. The van der Waals surface area contributed by atoms with Gasteiger partial charge in [-0.15, -0.1) is 0 Å². The van der Waals surface area contributed by atoms with Crippen LogP contribution in [0.1, 0.15) is 11.1 Å². The molecule has 20 heavy (non-hydrogen) atoms. The summed E-state index contributed by atoms with van der Waals surface area (Å²) < 4.78 is 0. The van der Waals surface area contributed by atoms with Crippen LogP contribution in [0.15, 0.2) is 65.7 Å². The van der Waals surface area contributed by atoms with Gasteiger partial charge in [-0.2, -0.15) is 0 Å². The number of hydrogen-bond acceptors (Lipinski definition) is 2. The molecule has 2 heteroatoms. The van der Waals surface area contributed by atoms with Crippen molar-refractivity contribution in [3.63, 3.8) is 0 Å². The third-order valence-corrected chi connectivity index (χ3v) is 3.78. The Balaban J connectivity index is 1.86. The number of hydrogen-bond donors (Lipinski definition) is 1. The first-order valence-electron chi connectivity index (χ1n) is 6.69. The van der Waals surface area contributed by atoms with Gasteiger partial charge in [0.2, 0.25) is 0 Å². The molecule has 2 nitrogen and oxygen atoms in total. The van der Waals surface area contributed by atoms with Gasteiger partial charge in [-0.05, 0) is 34.5 Å². The summed E-state index contributed by atoms with van der Waals surface area (Å²) >= 11 is 0. The first-order chi connectivity index (χ1) is 9.81. The zero-order valence-electron chi connectivity index (χ0n) is 10.9. The maximum atomic E-state index is 10.3. The molecule has 0 amide bonds. The Kier molecular flexibility index (Phi) is 2.36. The van der Waals surface area contributed by atoms with Gasteiger partial charge >= 0.3 is 0 Å². The van der Waals surface area contributed by atoms with Crippen molar-refractivity contribution in [1.29, 1.82) is 0 Å². The maximum Gasteiger partial charge on any atom is 0.125 e. The van der Waals surface area contributed by atoms with E-state index in [0.717, 1.165) is 34.2 Å². The number of benzene rings is 3. The molecule has 3 aromatic rings. The summed E-state index contributed by atoms with van der Waals surface area (Å²) in [5.74, 6) is 0.301. The summed E-state index contributed by atoms with van der Waals surface area (Å²) in [6, 6.07) is 20.0. The smallest absolute Gasteiger partial charge is 0.125 e. The largest absolute Gasteiger partial charge is 0.507 e. The molecule has 0 bridgehead atoms. The van der Waals surface area contributed by atoms with Crippen molar-refractivity contribution in [2.24, 2.45) is 4.99 Å². The van der Waals surface area contributed by atoms with E-state index in [1.165, 1.54) is 5.56 Å². The quantitative estimate of drug-likeness (QED) is 0.697. The normalized spacial score (nSPS) is 13.3. The van der Waals surface area contributed by atoms with Gasteiger partial charge in [-0.1, -0.05) is 42.5 Å². The summed E-state index contributed by atoms with van der Waals surface area (Å²) in [5, 5.41) is 12.4. The zero-order chi connectivity index (χ0) is 13.5. The van der Waals surface area contributed by atoms with E-state index in [1.807, 2.05) is 48.5 Å². The molecule has 0 saturated heterocycles. The van der Waals surface area contributed by atoms with Crippen LogP contribution in [-0.2, 0) is 6.42 Å². The van der Waals surface area contributed by atoms with Crippen molar-refractivity contribution >= 4 is 22.2 Å². The third-order valence-electron chi connectivity index (χ3n) is 3.78. The first kappa shape index (κ1) is 11.2. The van der Waals surface area contributed by atoms with Crippen LogP contribution in [-0.4, -0.2) is 10.8 Å². The van der Waals surface area contributed by atoms with Crippen LogP contribution in [0.4, 0.5) is 5.69 Å². The summed E-state index contributed by atoms with van der Waals surface area (Å²) in [5.41, 5.74) is 4.00. The number of phenolic OH excluding ortho intramolecular Hbond substituents is 1. The molecule has 1 aliphatic heterocycles. The summed E-state index contributed by atoms with van der Waals surface area (Å²) in [4.78, 5) is 4.65. The molecule has 4 rings (SSSR count). The third kappa shape index (κ3) is 1.69. The van der Waals surface area contributed by atoms with E-state index >= 15 is 0 Å². The number of nitrogens with zero attached hydrogens (tertiary/aromatic N) is 1. The molecule has 0 spiro atoms. The van der Waals surface area contributed by atoms with E-state index < -0.39 is 0 Å². The summed E-state index contributed by atoms with van der Waals surface area (Å²) in [7, 11) is 0. The number of para-hydroxylation sites is 1. The number of fused-ring (bicyclic) bond motifs is 2. The second kappa shape index (κ2) is 4.20. The molecule has 0 aromatic heterocycles. The van der Waals surface area contributed by atoms with Gasteiger partial charge in [0.25, 0.3) is 0 Å². The molecule has 3 aromatic carbocycles. The van der Waals surface area contributed by atoms with Crippen LogP contribution in [0.5, 0.6) is 5.75 Å². The van der Waals surface area contributed by atoms with Gasteiger partial charge in [-0.3, -0.25) is 4.99 Å². The summed E-state index contributed by atoms with van der Waals surface area (Å²) in [6.45, 7) is 0. The minimum Gasteiger partial charge on any atom is -0.507 e. The maximum absolute atomic E-state index is 10.3.